The van der Waals surface area contributed by atoms with E-state index >= 15 is 0 Å². The summed E-state index contributed by atoms with van der Waals surface area (Å²) in [5.41, 5.74) is 1.22. The molecule has 0 radical (unpaired) electrons. The van der Waals surface area contributed by atoms with Crippen LogP contribution in [0.5, 0.6) is 0 Å². The molecule has 0 atom stereocenters. The Balaban J connectivity index is 2.13. The minimum absolute atomic E-state index is 0.482. The van der Waals surface area contributed by atoms with Gasteiger partial charge in [0.2, 0.25) is 0 Å². The van der Waals surface area contributed by atoms with Crippen molar-refractivity contribution in [2.75, 3.05) is 6.73 Å². The molecule has 1 N–H and O–H groups in total. The van der Waals surface area contributed by atoms with Gasteiger partial charge in [-0.25, -0.2) is 0 Å². The van der Waals surface area contributed by atoms with Crippen molar-refractivity contribution in [3.05, 3.63) is 35.9 Å². The second kappa shape index (κ2) is 5.73. The summed E-state index contributed by atoms with van der Waals surface area (Å²) in [5.74, 6) is 0. The zero-order chi connectivity index (χ0) is 9.52. The molecule has 0 heterocycles. The maximum atomic E-state index is 5.42. The first kappa shape index (κ1) is 10.2. The summed E-state index contributed by atoms with van der Waals surface area (Å²) >= 11 is 0. The molecular weight excluding hydrogens is 162 g/mol. The highest BCUT2D eigenvalue weighted by Gasteiger charge is 1.92. The molecule has 13 heavy (non-hydrogen) atoms. The van der Waals surface area contributed by atoms with Crippen LogP contribution in [0.15, 0.2) is 30.3 Å². The van der Waals surface area contributed by atoms with Gasteiger partial charge in [0.1, 0.15) is 0 Å². The van der Waals surface area contributed by atoms with Crippen LogP contribution in [0.3, 0.4) is 0 Å². The summed E-state index contributed by atoms with van der Waals surface area (Å²) in [6, 6.07) is 10.7. The lowest BCUT2D eigenvalue weighted by molar-refractivity contribution is 0.0982. The van der Waals surface area contributed by atoms with E-state index in [0.717, 1.165) is 0 Å². The standard InChI is InChI=1S/C11H17NO/c1-10(2)12-9-13-8-11-6-4-3-5-7-11/h3-7,10,12H,8-9H2,1-2H3. The third kappa shape index (κ3) is 4.65. The SMILES string of the molecule is CC(C)NCOCc1ccccc1. The molecule has 0 aliphatic rings. The van der Waals surface area contributed by atoms with Crippen LogP contribution < -0.4 is 5.32 Å². The van der Waals surface area contributed by atoms with Crippen LogP contribution in [0.25, 0.3) is 0 Å². The van der Waals surface area contributed by atoms with E-state index in [2.05, 4.69) is 31.3 Å². The van der Waals surface area contributed by atoms with Crippen LogP contribution in [0.1, 0.15) is 19.4 Å². The Morgan fingerprint density at radius 3 is 2.54 bits per heavy atom. The molecule has 0 amide bonds. The van der Waals surface area contributed by atoms with E-state index in [1.54, 1.807) is 0 Å². The molecule has 0 aliphatic carbocycles. The van der Waals surface area contributed by atoms with Crippen LogP contribution in [-0.2, 0) is 11.3 Å². The van der Waals surface area contributed by atoms with E-state index < -0.39 is 0 Å². The molecule has 0 unspecified atom stereocenters. The first-order chi connectivity index (χ1) is 6.29. The smallest absolute Gasteiger partial charge is 0.0971 e. The van der Waals surface area contributed by atoms with Crippen LogP contribution in [0.2, 0.25) is 0 Å². The van der Waals surface area contributed by atoms with E-state index in [4.69, 9.17) is 4.74 Å². The van der Waals surface area contributed by atoms with Gasteiger partial charge in [0.15, 0.2) is 0 Å². The molecule has 1 aromatic carbocycles. The molecule has 0 fully saturated rings. The van der Waals surface area contributed by atoms with Crippen molar-refractivity contribution >= 4 is 0 Å². The van der Waals surface area contributed by atoms with Gasteiger partial charge in [-0.3, -0.25) is 5.32 Å². The number of hydrogen-bond acceptors (Lipinski definition) is 2. The van der Waals surface area contributed by atoms with Crippen molar-refractivity contribution in [1.82, 2.24) is 5.32 Å². The highest BCUT2D eigenvalue weighted by atomic mass is 16.5. The van der Waals surface area contributed by atoms with Crippen LogP contribution in [-0.4, -0.2) is 12.8 Å². The van der Waals surface area contributed by atoms with Crippen LogP contribution >= 0.6 is 0 Å². The molecular formula is C11H17NO. The van der Waals surface area contributed by atoms with Gasteiger partial charge in [0.25, 0.3) is 0 Å². The van der Waals surface area contributed by atoms with Crippen LogP contribution in [0, 0.1) is 0 Å². The van der Waals surface area contributed by atoms with Gasteiger partial charge in [0.05, 0.1) is 13.3 Å². The summed E-state index contributed by atoms with van der Waals surface area (Å²) < 4.78 is 5.42. The largest absolute Gasteiger partial charge is 0.362 e. The summed E-state index contributed by atoms with van der Waals surface area (Å²) in [5, 5.41) is 3.19. The van der Waals surface area contributed by atoms with Gasteiger partial charge >= 0.3 is 0 Å². The second-order valence-electron chi connectivity index (χ2n) is 3.34. The normalized spacial score (nSPS) is 10.7. The molecule has 1 rings (SSSR count). The van der Waals surface area contributed by atoms with Gasteiger partial charge in [-0.1, -0.05) is 30.3 Å². The zero-order valence-corrected chi connectivity index (χ0v) is 8.29. The van der Waals surface area contributed by atoms with Crippen molar-refractivity contribution in [3.63, 3.8) is 0 Å². The van der Waals surface area contributed by atoms with Crippen molar-refractivity contribution < 1.29 is 4.74 Å². The molecule has 0 saturated heterocycles. The molecule has 0 bridgehead atoms. The molecule has 2 nitrogen and oxygen atoms in total. The maximum Gasteiger partial charge on any atom is 0.0971 e. The summed E-state index contributed by atoms with van der Waals surface area (Å²) in [4.78, 5) is 0. The number of nitrogens with one attached hydrogen (secondary N) is 1. The quantitative estimate of drug-likeness (QED) is 0.552. The Morgan fingerprint density at radius 2 is 1.92 bits per heavy atom. The first-order valence-electron chi connectivity index (χ1n) is 4.64. The van der Waals surface area contributed by atoms with Gasteiger partial charge in [-0.15, -0.1) is 0 Å². The maximum absolute atomic E-state index is 5.42. The Kier molecular flexibility index (Phi) is 4.50. The second-order valence-corrected chi connectivity index (χ2v) is 3.34. The Morgan fingerprint density at radius 1 is 1.23 bits per heavy atom. The number of ether oxygens (including phenoxy) is 1. The molecule has 1 aromatic rings. The summed E-state index contributed by atoms with van der Waals surface area (Å²) in [7, 11) is 0. The van der Waals surface area contributed by atoms with Gasteiger partial charge in [-0.2, -0.15) is 0 Å². The molecule has 2 heteroatoms. The lowest BCUT2D eigenvalue weighted by atomic mass is 10.2. The van der Waals surface area contributed by atoms with Gasteiger partial charge < -0.3 is 4.74 Å². The van der Waals surface area contributed by atoms with Crippen LogP contribution in [0.4, 0.5) is 0 Å². The van der Waals surface area contributed by atoms with E-state index in [9.17, 15) is 0 Å². The molecule has 72 valence electrons. The van der Waals surface area contributed by atoms with Gasteiger partial charge in [0, 0.05) is 6.04 Å². The predicted molar refractivity (Wildman–Crippen MR) is 54.4 cm³/mol. The Labute approximate surface area is 79.9 Å². The zero-order valence-electron chi connectivity index (χ0n) is 8.29. The fraction of sp³-hybridized carbons (Fsp3) is 0.455. The van der Waals surface area contributed by atoms with E-state index in [1.165, 1.54) is 5.56 Å². The number of rotatable bonds is 5. The highest BCUT2D eigenvalue weighted by Crippen LogP contribution is 1.99. The average molecular weight is 179 g/mol. The lowest BCUT2D eigenvalue weighted by Gasteiger charge is -2.08. The lowest BCUT2D eigenvalue weighted by Crippen LogP contribution is -2.25. The third-order valence-electron chi connectivity index (χ3n) is 1.71. The van der Waals surface area contributed by atoms with Crippen molar-refractivity contribution in [1.29, 1.82) is 0 Å². The minimum atomic E-state index is 0.482. The molecule has 0 aliphatic heterocycles. The fourth-order valence-corrected chi connectivity index (χ4v) is 0.969. The third-order valence-corrected chi connectivity index (χ3v) is 1.71. The molecule has 0 saturated carbocycles. The fourth-order valence-electron chi connectivity index (χ4n) is 0.969. The van der Waals surface area contributed by atoms with Gasteiger partial charge in [-0.05, 0) is 19.4 Å². The minimum Gasteiger partial charge on any atom is -0.362 e. The molecule has 0 spiro atoms. The van der Waals surface area contributed by atoms with Crippen molar-refractivity contribution in [2.45, 2.75) is 26.5 Å². The Hall–Kier alpha value is -0.860. The number of benzene rings is 1. The summed E-state index contributed by atoms with van der Waals surface area (Å²) in [6.07, 6.45) is 0. The molecule has 0 aromatic heterocycles. The Bertz CT molecular complexity index is 221. The van der Waals surface area contributed by atoms with E-state index in [0.29, 0.717) is 19.4 Å². The monoisotopic (exact) mass is 179 g/mol. The predicted octanol–water partition coefficient (Wildman–Crippen LogP) is 2.16. The van der Waals surface area contributed by atoms with Crippen molar-refractivity contribution in [3.8, 4) is 0 Å². The average Bonchev–Trinajstić information content (AvgIpc) is 2.14. The topological polar surface area (TPSA) is 21.3 Å². The summed E-state index contributed by atoms with van der Waals surface area (Å²) in [6.45, 7) is 5.50. The number of hydrogen-bond donors (Lipinski definition) is 1. The highest BCUT2D eigenvalue weighted by molar-refractivity contribution is 5.13. The van der Waals surface area contributed by atoms with Crippen molar-refractivity contribution in [2.24, 2.45) is 0 Å². The van der Waals surface area contributed by atoms with E-state index in [-0.39, 0.29) is 0 Å². The van der Waals surface area contributed by atoms with E-state index in [1.807, 2.05) is 18.2 Å². The first-order valence-corrected chi connectivity index (χ1v) is 4.64.